The summed E-state index contributed by atoms with van der Waals surface area (Å²) in [6, 6.07) is 2.27. The first kappa shape index (κ1) is 14.0. The van der Waals surface area contributed by atoms with E-state index in [0.717, 1.165) is 19.3 Å². The molecular formula is C13H18BrNO3. The Morgan fingerprint density at radius 3 is 2.67 bits per heavy atom. The molecule has 3 rings (SSSR count). The molecule has 1 unspecified atom stereocenters. The van der Waals surface area contributed by atoms with Gasteiger partial charge in [0.1, 0.15) is 0 Å². The molecule has 2 bridgehead atoms. The predicted molar refractivity (Wildman–Crippen MR) is 69.8 cm³/mol. The lowest BCUT2D eigenvalue weighted by Gasteiger charge is -2.54. The van der Waals surface area contributed by atoms with E-state index in [2.05, 4.69) is 28.9 Å². The van der Waals surface area contributed by atoms with Gasteiger partial charge < -0.3 is 14.2 Å². The smallest absolute Gasteiger partial charge is 0.284 e. The van der Waals surface area contributed by atoms with Gasteiger partial charge in [-0.1, -0.05) is 35.4 Å². The van der Waals surface area contributed by atoms with Gasteiger partial charge >= 0.3 is 0 Å². The number of halogens is 1. The van der Waals surface area contributed by atoms with E-state index >= 15 is 0 Å². The standard InChI is InChI=1S/C13H18BrNO3/c1-2-5-12-9-16-13(17-10-12,6-3-4-7-14)18-11(12)8-15/h4,7,11H,2-3,5-6,9-10H2,1H3/b7-4+. The van der Waals surface area contributed by atoms with Crippen molar-refractivity contribution in [3.8, 4) is 6.07 Å². The number of nitrogens with zero attached hydrogens (tertiary/aromatic N) is 1. The first-order chi connectivity index (χ1) is 8.70. The highest BCUT2D eigenvalue weighted by Crippen LogP contribution is 2.47. The minimum atomic E-state index is -1.01. The third-order valence-electron chi connectivity index (χ3n) is 3.58. The first-order valence-electron chi connectivity index (χ1n) is 6.31. The molecule has 0 aromatic rings. The molecule has 0 N–H and O–H groups in total. The highest BCUT2D eigenvalue weighted by Gasteiger charge is 2.57. The lowest BCUT2D eigenvalue weighted by Crippen LogP contribution is -2.64. The fourth-order valence-corrected chi connectivity index (χ4v) is 2.84. The molecule has 4 nitrogen and oxygen atoms in total. The molecule has 0 aliphatic carbocycles. The molecule has 0 radical (unpaired) electrons. The van der Waals surface area contributed by atoms with Crippen LogP contribution in [0.3, 0.4) is 0 Å². The molecule has 3 saturated heterocycles. The Morgan fingerprint density at radius 2 is 2.11 bits per heavy atom. The molecule has 0 aromatic heterocycles. The molecule has 0 saturated carbocycles. The Labute approximate surface area is 116 Å². The molecule has 3 aliphatic heterocycles. The van der Waals surface area contributed by atoms with Gasteiger partial charge in [0.25, 0.3) is 5.97 Å². The zero-order valence-electron chi connectivity index (χ0n) is 10.5. The maximum atomic E-state index is 9.28. The predicted octanol–water partition coefficient (Wildman–Crippen LogP) is 3.08. The van der Waals surface area contributed by atoms with Crippen LogP contribution in [-0.4, -0.2) is 25.3 Å². The molecule has 100 valence electrons. The van der Waals surface area contributed by atoms with Gasteiger partial charge in [0, 0.05) is 6.42 Å². The number of rotatable bonds is 5. The summed E-state index contributed by atoms with van der Waals surface area (Å²) in [4.78, 5) is 1.80. The molecule has 5 heteroatoms. The van der Waals surface area contributed by atoms with Crippen LogP contribution in [0.15, 0.2) is 11.1 Å². The van der Waals surface area contributed by atoms with Crippen LogP contribution in [0.25, 0.3) is 0 Å². The van der Waals surface area contributed by atoms with E-state index in [0.29, 0.717) is 19.6 Å². The van der Waals surface area contributed by atoms with E-state index in [1.807, 2.05) is 6.08 Å². The lowest BCUT2D eigenvalue weighted by molar-refractivity contribution is -0.482. The van der Waals surface area contributed by atoms with Crippen LogP contribution in [0.2, 0.25) is 0 Å². The number of hydrogen-bond donors (Lipinski definition) is 0. The van der Waals surface area contributed by atoms with Gasteiger partial charge in [-0.3, -0.25) is 0 Å². The van der Waals surface area contributed by atoms with Crippen LogP contribution in [0.4, 0.5) is 0 Å². The van der Waals surface area contributed by atoms with Crippen LogP contribution in [0, 0.1) is 16.7 Å². The van der Waals surface area contributed by atoms with Gasteiger partial charge in [-0.05, 0) is 17.8 Å². The van der Waals surface area contributed by atoms with Gasteiger partial charge in [-0.15, -0.1) is 0 Å². The molecule has 0 aromatic carbocycles. The molecule has 0 amide bonds. The van der Waals surface area contributed by atoms with E-state index < -0.39 is 12.1 Å². The quantitative estimate of drug-likeness (QED) is 0.782. The van der Waals surface area contributed by atoms with Crippen molar-refractivity contribution >= 4 is 15.9 Å². The topological polar surface area (TPSA) is 51.5 Å². The van der Waals surface area contributed by atoms with E-state index in [4.69, 9.17) is 14.2 Å². The second-order valence-electron chi connectivity index (χ2n) is 4.90. The minimum absolute atomic E-state index is 0.281. The summed E-state index contributed by atoms with van der Waals surface area (Å²) >= 11 is 3.22. The fourth-order valence-electron chi connectivity index (χ4n) is 2.58. The second-order valence-corrected chi connectivity index (χ2v) is 5.43. The molecule has 0 spiro atoms. The third kappa shape index (κ3) is 2.48. The maximum Gasteiger partial charge on any atom is 0.284 e. The van der Waals surface area contributed by atoms with Crippen molar-refractivity contribution in [2.75, 3.05) is 13.2 Å². The van der Waals surface area contributed by atoms with Crippen LogP contribution in [0.1, 0.15) is 32.6 Å². The number of nitriles is 1. The zero-order chi connectivity index (χ0) is 13.1. The first-order valence-corrected chi connectivity index (χ1v) is 7.22. The maximum absolute atomic E-state index is 9.28. The van der Waals surface area contributed by atoms with E-state index in [1.165, 1.54) is 0 Å². The summed E-state index contributed by atoms with van der Waals surface area (Å²) in [5.41, 5.74) is -0.281. The minimum Gasteiger partial charge on any atom is -0.327 e. The number of allylic oxidation sites excluding steroid dienone is 1. The molecule has 1 atom stereocenters. The second kappa shape index (κ2) is 5.70. The van der Waals surface area contributed by atoms with Crippen LogP contribution >= 0.6 is 15.9 Å². The van der Waals surface area contributed by atoms with Gasteiger partial charge in [0.2, 0.25) is 0 Å². The summed E-state index contributed by atoms with van der Waals surface area (Å²) in [6.07, 6.45) is 4.82. The van der Waals surface area contributed by atoms with Crippen molar-refractivity contribution in [2.24, 2.45) is 5.41 Å². The highest BCUT2D eigenvalue weighted by atomic mass is 79.9. The average Bonchev–Trinajstić information content (AvgIpc) is 2.41. The molecule has 3 fully saturated rings. The van der Waals surface area contributed by atoms with Gasteiger partial charge in [-0.2, -0.15) is 5.26 Å². The molecule has 18 heavy (non-hydrogen) atoms. The zero-order valence-corrected chi connectivity index (χ0v) is 12.1. The van der Waals surface area contributed by atoms with Crippen molar-refractivity contribution in [3.05, 3.63) is 11.1 Å². The normalized spacial score (nSPS) is 39.1. The van der Waals surface area contributed by atoms with E-state index in [1.54, 1.807) is 4.99 Å². The van der Waals surface area contributed by atoms with Gasteiger partial charge in [-0.25, -0.2) is 0 Å². The van der Waals surface area contributed by atoms with Gasteiger partial charge in [0.15, 0.2) is 6.10 Å². The van der Waals surface area contributed by atoms with Crippen molar-refractivity contribution < 1.29 is 14.2 Å². The molecule has 3 heterocycles. The van der Waals surface area contributed by atoms with Crippen LogP contribution in [-0.2, 0) is 14.2 Å². The Morgan fingerprint density at radius 1 is 1.39 bits per heavy atom. The average molecular weight is 316 g/mol. The Bertz CT molecular complexity index is 356. The molecule has 3 aliphatic rings. The fraction of sp³-hybridized carbons (Fsp3) is 0.769. The summed E-state index contributed by atoms with van der Waals surface area (Å²) in [5.74, 6) is -1.01. The molecular weight excluding hydrogens is 298 g/mol. The largest absolute Gasteiger partial charge is 0.327 e. The van der Waals surface area contributed by atoms with E-state index in [9.17, 15) is 5.26 Å². The Kier molecular flexibility index (Phi) is 4.44. The Hall–Kier alpha value is -0.410. The van der Waals surface area contributed by atoms with Crippen molar-refractivity contribution in [2.45, 2.75) is 44.7 Å². The van der Waals surface area contributed by atoms with Crippen LogP contribution in [0.5, 0.6) is 0 Å². The highest BCUT2D eigenvalue weighted by molar-refractivity contribution is 9.11. The van der Waals surface area contributed by atoms with E-state index in [-0.39, 0.29) is 5.41 Å². The van der Waals surface area contributed by atoms with Crippen LogP contribution < -0.4 is 0 Å². The summed E-state index contributed by atoms with van der Waals surface area (Å²) in [7, 11) is 0. The number of ether oxygens (including phenoxy) is 3. The Balaban J connectivity index is 2.07. The number of hydrogen-bond acceptors (Lipinski definition) is 4. The third-order valence-corrected chi connectivity index (χ3v) is 3.96. The SMILES string of the molecule is CCCC12COC(CC/C=C/Br)(OC1)OC2C#N. The summed E-state index contributed by atoms with van der Waals surface area (Å²) in [5, 5.41) is 9.28. The summed E-state index contributed by atoms with van der Waals surface area (Å²) in [6.45, 7) is 3.20. The van der Waals surface area contributed by atoms with Gasteiger partial charge in [0.05, 0.1) is 24.7 Å². The number of fused-ring (bicyclic) bond motifs is 3. The van der Waals surface area contributed by atoms with Crippen molar-refractivity contribution in [3.63, 3.8) is 0 Å². The van der Waals surface area contributed by atoms with Crippen molar-refractivity contribution in [1.29, 1.82) is 5.26 Å². The lowest BCUT2D eigenvalue weighted by atomic mass is 9.78. The summed E-state index contributed by atoms with van der Waals surface area (Å²) < 4.78 is 17.3. The monoisotopic (exact) mass is 315 g/mol. The van der Waals surface area contributed by atoms with Crippen molar-refractivity contribution in [1.82, 2.24) is 0 Å².